The molecule has 1 aliphatic heterocycles. The molecule has 2 rings (SSSR count). The van der Waals surface area contributed by atoms with Crippen LogP contribution in [0.5, 0.6) is 0 Å². The molecule has 2 heterocycles. The Balaban J connectivity index is 1.98. The number of rotatable bonds is 2. The molecule has 0 spiro atoms. The minimum Gasteiger partial charge on any atom is -0.317 e. The Labute approximate surface area is 102 Å². The van der Waals surface area contributed by atoms with E-state index in [0.29, 0.717) is 10.3 Å². The van der Waals surface area contributed by atoms with Gasteiger partial charge in [0.05, 0.1) is 10.6 Å². The summed E-state index contributed by atoms with van der Waals surface area (Å²) in [7, 11) is 0. The van der Waals surface area contributed by atoms with Crippen molar-refractivity contribution in [3.8, 4) is 0 Å². The molecular weight excluding hydrogens is 249 g/mol. The topological polar surface area (TPSA) is 24.9 Å². The van der Waals surface area contributed by atoms with Crippen LogP contribution in [0.15, 0.2) is 23.4 Å². The molecule has 1 aromatic rings. The van der Waals surface area contributed by atoms with Crippen LogP contribution in [0, 0.1) is 0 Å². The standard InChI is InChI=1S/C11H13F3N2S/c12-11(13,14)8-1-2-10(16-7-8)17-9-3-5-15-6-4-9/h1-2,7,9,15H,3-6H2. The first-order chi connectivity index (χ1) is 8.05. The van der Waals surface area contributed by atoms with Gasteiger partial charge in [-0.05, 0) is 38.1 Å². The molecule has 0 unspecified atom stereocenters. The summed E-state index contributed by atoms with van der Waals surface area (Å²) in [6.07, 6.45) is -1.32. The van der Waals surface area contributed by atoms with Gasteiger partial charge in [0.15, 0.2) is 0 Å². The Bertz CT molecular complexity index is 358. The molecule has 0 radical (unpaired) electrons. The van der Waals surface area contributed by atoms with Gasteiger partial charge < -0.3 is 5.32 Å². The summed E-state index contributed by atoms with van der Waals surface area (Å²) in [5.41, 5.74) is -0.688. The van der Waals surface area contributed by atoms with Crippen LogP contribution in [0.3, 0.4) is 0 Å². The zero-order valence-corrected chi connectivity index (χ0v) is 9.94. The van der Waals surface area contributed by atoms with Gasteiger partial charge >= 0.3 is 6.18 Å². The van der Waals surface area contributed by atoms with Crippen LogP contribution < -0.4 is 5.32 Å². The van der Waals surface area contributed by atoms with E-state index in [0.717, 1.165) is 38.2 Å². The number of nitrogens with zero attached hydrogens (tertiary/aromatic N) is 1. The second kappa shape index (κ2) is 5.27. The van der Waals surface area contributed by atoms with E-state index in [1.54, 1.807) is 11.8 Å². The Morgan fingerprint density at radius 1 is 1.24 bits per heavy atom. The fraction of sp³-hybridized carbons (Fsp3) is 0.545. The van der Waals surface area contributed by atoms with Gasteiger partial charge in [-0.2, -0.15) is 13.2 Å². The van der Waals surface area contributed by atoms with Crippen molar-refractivity contribution in [2.75, 3.05) is 13.1 Å². The van der Waals surface area contributed by atoms with E-state index in [-0.39, 0.29) is 0 Å². The van der Waals surface area contributed by atoms with E-state index in [1.165, 1.54) is 6.07 Å². The number of piperidine rings is 1. The Kier molecular flexibility index (Phi) is 3.93. The fourth-order valence-electron chi connectivity index (χ4n) is 1.70. The highest BCUT2D eigenvalue weighted by Crippen LogP contribution is 2.31. The summed E-state index contributed by atoms with van der Waals surface area (Å²) in [6, 6.07) is 2.55. The van der Waals surface area contributed by atoms with E-state index in [4.69, 9.17) is 0 Å². The quantitative estimate of drug-likeness (QED) is 0.887. The predicted molar refractivity (Wildman–Crippen MR) is 61.0 cm³/mol. The number of thioether (sulfide) groups is 1. The van der Waals surface area contributed by atoms with Crippen molar-refractivity contribution in [2.45, 2.75) is 29.3 Å². The number of halogens is 3. The van der Waals surface area contributed by atoms with Crippen LogP contribution in [0.1, 0.15) is 18.4 Å². The minimum atomic E-state index is -4.30. The molecule has 1 aliphatic rings. The Morgan fingerprint density at radius 2 is 1.94 bits per heavy atom. The van der Waals surface area contributed by atoms with Crippen LogP contribution >= 0.6 is 11.8 Å². The van der Waals surface area contributed by atoms with E-state index < -0.39 is 11.7 Å². The highest BCUT2D eigenvalue weighted by atomic mass is 32.2. The monoisotopic (exact) mass is 262 g/mol. The third-order valence-electron chi connectivity index (χ3n) is 2.64. The molecule has 0 aromatic carbocycles. The predicted octanol–water partition coefficient (Wildman–Crippen LogP) is 2.94. The van der Waals surface area contributed by atoms with Crippen LogP contribution in [-0.2, 0) is 6.18 Å². The molecule has 1 N–H and O–H groups in total. The highest BCUT2D eigenvalue weighted by Gasteiger charge is 2.30. The molecule has 1 saturated heterocycles. The summed E-state index contributed by atoms with van der Waals surface area (Å²) in [6.45, 7) is 1.94. The van der Waals surface area contributed by atoms with Gasteiger partial charge in [0.2, 0.25) is 0 Å². The third kappa shape index (κ3) is 3.61. The highest BCUT2D eigenvalue weighted by molar-refractivity contribution is 7.99. The smallest absolute Gasteiger partial charge is 0.317 e. The molecule has 94 valence electrons. The number of pyridine rings is 1. The van der Waals surface area contributed by atoms with Crippen molar-refractivity contribution in [3.05, 3.63) is 23.9 Å². The van der Waals surface area contributed by atoms with Gasteiger partial charge in [0.1, 0.15) is 0 Å². The van der Waals surface area contributed by atoms with Crippen LogP contribution in [0.4, 0.5) is 13.2 Å². The Morgan fingerprint density at radius 3 is 2.47 bits per heavy atom. The zero-order valence-electron chi connectivity index (χ0n) is 9.13. The lowest BCUT2D eigenvalue weighted by Crippen LogP contribution is -2.29. The Hall–Kier alpha value is -0.750. The number of hydrogen-bond acceptors (Lipinski definition) is 3. The number of hydrogen-bond donors (Lipinski definition) is 1. The molecule has 0 saturated carbocycles. The summed E-state index contributed by atoms with van der Waals surface area (Å²) in [5.74, 6) is 0. The van der Waals surface area contributed by atoms with Gasteiger partial charge in [-0.3, -0.25) is 0 Å². The number of alkyl halides is 3. The van der Waals surface area contributed by atoms with Crippen molar-refractivity contribution in [1.82, 2.24) is 10.3 Å². The minimum absolute atomic E-state index is 0.459. The van der Waals surface area contributed by atoms with E-state index in [9.17, 15) is 13.2 Å². The molecule has 0 atom stereocenters. The molecular formula is C11H13F3N2S. The lowest BCUT2D eigenvalue weighted by atomic mass is 10.2. The van der Waals surface area contributed by atoms with Gasteiger partial charge in [0.25, 0.3) is 0 Å². The van der Waals surface area contributed by atoms with Crippen LogP contribution in [0.2, 0.25) is 0 Å². The van der Waals surface area contributed by atoms with Gasteiger partial charge in [-0.15, -0.1) is 11.8 Å². The molecule has 1 aromatic heterocycles. The van der Waals surface area contributed by atoms with Crippen LogP contribution in [0.25, 0.3) is 0 Å². The molecule has 0 aliphatic carbocycles. The maximum absolute atomic E-state index is 12.3. The lowest BCUT2D eigenvalue weighted by Gasteiger charge is -2.21. The van der Waals surface area contributed by atoms with Crippen molar-refractivity contribution >= 4 is 11.8 Å². The first-order valence-electron chi connectivity index (χ1n) is 5.46. The van der Waals surface area contributed by atoms with Crippen molar-refractivity contribution in [3.63, 3.8) is 0 Å². The average Bonchev–Trinajstić information content (AvgIpc) is 2.30. The van der Waals surface area contributed by atoms with Gasteiger partial charge in [-0.1, -0.05) is 0 Å². The van der Waals surface area contributed by atoms with Crippen molar-refractivity contribution in [2.24, 2.45) is 0 Å². The van der Waals surface area contributed by atoms with Crippen molar-refractivity contribution < 1.29 is 13.2 Å². The van der Waals surface area contributed by atoms with Crippen LogP contribution in [-0.4, -0.2) is 23.3 Å². The summed E-state index contributed by atoms with van der Waals surface area (Å²) in [4.78, 5) is 3.86. The summed E-state index contributed by atoms with van der Waals surface area (Å²) < 4.78 is 37.0. The zero-order chi connectivity index (χ0) is 12.3. The molecule has 0 amide bonds. The first kappa shape index (κ1) is 12.7. The average molecular weight is 262 g/mol. The maximum atomic E-state index is 12.3. The fourth-order valence-corrected chi connectivity index (χ4v) is 2.77. The molecule has 6 heteroatoms. The maximum Gasteiger partial charge on any atom is 0.417 e. The first-order valence-corrected chi connectivity index (χ1v) is 6.34. The summed E-state index contributed by atoms with van der Waals surface area (Å²) >= 11 is 1.57. The van der Waals surface area contributed by atoms with Gasteiger partial charge in [0, 0.05) is 11.4 Å². The van der Waals surface area contributed by atoms with E-state index in [1.807, 2.05) is 0 Å². The number of aromatic nitrogens is 1. The second-order valence-corrected chi connectivity index (χ2v) is 5.27. The SMILES string of the molecule is FC(F)(F)c1ccc(SC2CCNCC2)nc1. The lowest BCUT2D eigenvalue weighted by molar-refractivity contribution is -0.137. The molecule has 1 fully saturated rings. The molecule has 0 bridgehead atoms. The number of nitrogens with one attached hydrogen (secondary N) is 1. The summed E-state index contributed by atoms with van der Waals surface area (Å²) in [5, 5.41) is 4.38. The van der Waals surface area contributed by atoms with Gasteiger partial charge in [-0.25, -0.2) is 4.98 Å². The molecule has 2 nitrogen and oxygen atoms in total. The van der Waals surface area contributed by atoms with E-state index >= 15 is 0 Å². The van der Waals surface area contributed by atoms with Crippen molar-refractivity contribution in [1.29, 1.82) is 0 Å². The largest absolute Gasteiger partial charge is 0.417 e. The molecule has 17 heavy (non-hydrogen) atoms. The normalized spacial score (nSPS) is 18.3. The third-order valence-corrected chi connectivity index (χ3v) is 3.92. The van der Waals surface area contributed by atoms with E-state index in [2.05, 4.69) is 10.3 Å². The second-order valence-electron chi connectivity index (χ2n) is 3.95.